The number of hydrogen-bond acceptors (Lipinski definition) is 5. The topological polar surface area (TPSA) is 75.4 Å². The van der Waals surface area contributed by atoms with Crippen molar-refractivity contribution in [2.24, 2.45) is 0 Å². The molecule has 1 aliphatic heterocycles. The lowest BCUT2D eigenvalue weighted by molar-refractivity contribution is 0.0701. The van der Waals surface area contributed by atoms with Crippen molar-refractivity contribution in [3.63, 3.8) is 0 Å². The number of amides is 1. The van der Waals surface area contributed by atoms with Crippen molar-refractivity contribution < 1.29 is 9.18 Å². The van der Waals surface area contributed by atoms with Crippen LogP contribution in [0.4, 0.5) is 10.1 Å². The molecule has 3 aromatic rings. The largest absolute Gasteiger partial charge is 0.380 e. The minimum atomic E-state index is -0.281. The molecule has 1 aromatic carbocycles. The molecule has 1 fully saturated rings. The van der Waals surface area contributed by atoms with E-state index in [0.29, 0.717) is 18.9 Å². The number of fused-ring (bicyclic) bond motifs is 1. The summed E-state index contributed by atoms with van der Waals surface area (Å²) in [7, 11) is 0. The number of nitrogens with one attached hydrogen (secondary N) is 1. The number of likely N-dealkylation sites (tertiary alicyclic amines) is 1. The van der Waals surface area contributed by atoms with Gasteiger partial charge in [0.2, 0.25) is 5.82 Å². The first-order valence-electron chi connectivity index (χ1n) is 8.60. The van der Waals surface area contributed by atoms with Crippen LogP contribution in [0.3, 0.4) is 0 Å². The molecule has 0 saturated carbocycles. The Morgan fingerprint density at radius 3 is 3.04 bits per heavy atom. The van der Waals surface area contributed by atoms with E-state index in [0.717, 1.165) is 24.2 Å². The molecule has 1 atom stereocenters. The average molecular weight is 354 g/mol. The fraction of sp³-hybridized carbons (Fsp3) is 0.333. The molecule has 2 aromatic heterocycles. The third-order valence-electron chi connectivity index (χ3n) is 4.51. The zero-order chi connectivity index (χ0) is 18.1. The summed E-state index contributed by atoms with van der Waals surface area (Å²) in [4.78, 5) is 18.9. The summed E-state index contributed by atoms with van der Waals surface area (Å²) >= 11 is 0. The van der Waals surface area contributed by atoms with Crippen LogP contribution in [-0.2, 0) is 0 Å². The normalized spacial score (nSPS) is 17.5. The lowest BCUT2D eigenvalue weighted by atomic mass is 10.1. The predicted octanol–water partition coefficient (Wildman–Crippen LogP) is 2.29. The Morgan fingerprint density at radius 1 is 1.31 bits per heavy atom. The molecule has 8 heteroatoms. The Hall–Kier alpha value is -3.03. The second-order valence-electron chi connectivity index (χ2n) is 6.51. The Bertz CT molecular complexity index is 956. The van der Waals surface area contributed by atoms with E-state index in [1.165, 1.54) is 12.1 Å². The van der Waals surface area contributed by atoms with Crippen molar-refractivity contribution in [2.75, 3.05) is 18.4 Å². The SMILES string of the molecule is Cc1ccn2c(C(=O)N3CCC[C@@H](Nc4cccc(F)c4)C3)nnc2n1. The highest BCUT2D eigenvalue weighted by Gasteiger charge is 2.27. The minimum Gasteiger partial charge on any atom is -0.380 e. The maximum absolute atomic E-state index is 13.4. The zero-order valence-electron chi connectivity index (χ0n) is 14.4. The quantitative estimate of drug-likeness (QED) is 0.781. The first-order chi connectivity index (χ1) is 12.6. The number of benzene rings is 1. The van der Waals surface area contributed by atoms with E-state index in [2.05, 4.69) is 20.5 Å². The van der Waals surface area contributed by atoms with E-state index >= 15 is 0 Å². The number of piperidine rings is 1. The van der Waals surface area contributed by atoms with Crippen molar-refractivity contribution in [3.8, 4) is 0 Å². The molecule has 26 heavy (non-hydrogen) atoms. The van der Waals surface area contributed by atoms with E-state index in [1.807, 2.05) is 19.1 Å². The molecule has 1 saturated heterocycles. The molecule has 134 valence electrons. The van der Waals surface area contributed by atoms with Gasteiger partial charge in [0.25, 0.3) is 11.7 Å². The molecule has 1 aliphatic rings. The van der Waals surface area contributed by atoms with E-state index < -0.39 is 0 Å². The smallest absolute Gasteiger partial charge is 0.292 e. The first kappa shape index (κ1) is 16.4. The number of aromatic nitrogens is 4. The van der Waals surface area contributed by atoms with E-state index in [1.54, 1.807) is 21.6 Å². The number of aryl methyl sites for hydroxylation is 1. The lowest BCUT2D eigenvalue weighted by Crippen LogP contribution is -2.45. The van der Waals surface area contributed by atoms with Gasteiger partial charge in [-0.3, -0.25) is 9.20 Å². The van der Waals surface area contributed by atoms with Crippen LogP contribution >= 0.6 is 0 Å². The van der Waals surface area contributed by atoms with Crippen LogP contribution in [0.15, 0.2) is 36.5 Å². The Kier molecular flexibility index (Phi) is 4.24. The highest BCUT2D eigenvalue weighted by Crippen LogP contribution is 2.18. The maximum Gasteiger partial charge on any atom is 0.292 e. The molecule has 3 heterocycles. The number of rotatable bonds is 3. The van der Waals surface area contributed by atoms with Crippen LogP contribution in [0.25, 0.3) is 5.78 Å². The molecular weight excluding hydrogens is 335 g/mol. The fourth-order valence-electron chi connectivity index (χ4n) is 3.25. The second kappa shape index (κ2) is 6.70. The van der Waals surface area contributed by atoms with Crippen molar-refractivity contribution in [1.29, 1.82) is 0 Å². The van der Waals surface area contributed by atoms with Crippen molar-refractivity contribution >= 4 is 17.4 Å². The van der Waals surface area contributed by atoms with E-state index in [4.69, 9.17) is 0 Å². The van der Waals surface area contributed by atoms with Gasteiger partial charge in [-0.2, -0.15) is 0 Å². The monoisotopic (exact) mass is 354 g/mol. The Morgan fingerprint density at radius 2 is 2.19 bits per heavy atom. The van der Waals surface area contributed by atoms with Gasteiger partial charge in [-0.1, -0.05) is 6.07 Å². The first-order valence-corrected chi connectivity index (χ1v) is 8.60. The van der Waals surface area contributed by atoms with E-state index in [9.17, 15) is 9.18 Å². The number of halogens is 1. The average Bonchev–Trinajstić information content (AvgIpc) is 3.04. The molecule has 0 bridgehead atoms. The van der Waals surface area contributed by atoms with Gasteiger partial charge in [0.15, 0.2) is 0 Å². The Balaban J connectivity index is 1.50. The molecule has 7 nitrogen and oxygen atoms in total. The summed E-state index contributed by atoms with van der Waals surface area (Å²) in [6.45, 7) is 3.06. The molecule has 0 radical (unpaired) electrons. The molecule has 0 aliphatic carbocycles. The summed E-state index contributed by atoms with van der Waals surface area (Å²) in [5, 5.41) is 11.3. The van der Waals surface area contributed by atoms with Crippen molar-refractivity contribution in [2.45, 2.75) is 25.8 Å². The van der Waals surface area contributed by atoms with Gasteiger partial charge in [0.1, 0.15) is 5.82 Å². The van der Waals surface area contributed by atoms with Gasteiger partial charge >= 0.3 is 0 Å². The Labute approximate surface area is 149 Å². The lowest BCUT2D eigenvalue weighted by Gasteiger charge is -2.33. The molecule has 0 spiro atoms. The highest BCUT2D eigenvalue weighted by atomic mass is 19.1. The second-order valence-corrected chi connectivity index (χ2v) is 6.51. The van der Waals surface area contributed by atoms with Crippen LogP contribution in [0.5, 0.6) is 0 Å². The van der Waals surface area contributed by atoms with Crippen LogP contribution in [0, 0.1) is 12.7 Å². The number of carbonyl (C=O) groups excluding carboxylic acids is 1. The summed E-state index contributed by atoms with van der Waals surface area (Å²) in [5.41, 5.74) is 1.54. The fourth-order valence-corrected chi connectivity index (χ4v) is 3.25. The number of carbonyl (C=O) groups is 1. The maximum atomic E-state index is 13.4. The molecular formula is C18H19FN6O. The highest BCUT2D eigenvalue weighted by molar-refractivity contribution is 5.91. The van der Waals surface area contributed by atoms with Gasteiger partial charge in [-0.25, -0.2) is 9.37 Å². The standard InChI is InChI=1S/C18H19FN6O/c1-12-7-9-25-16(22-23-18(25)20-12)17(26)24-8-3-6-15(11-24)21-14-5-2-4-13(19)10-14/h2,4-5,7,9-10,15,21H,3,6,8,11H2,1H3/t15-/m1/s1. The molecule has 1 N–H and O–H groups in total. The summed E-state index contributed by atoms with van der Waals surface area (Å²) in [6.07, 6.45) is 3.55. The van der Waals surface area contributed by atoms with Gasteiger partial charge in [-0.05, 0) is 44.0 Å². The van der Waals surface area contributed by atoms with E-state index in [-0.39, 0.29) is 23.6 Å². The van der Waals surface area contributed by atoms with Gasteiger partial charge in [-0.15, -0.1) is 10.2 Å². The van der Waals surface area contributed by atoms with Crippen LogP contribution in [-0.4, -0.2) is 49.5 Å². The van der Waals surface area contributed by atoms with Gasteiger partial charge in [0.05, 0.1) is 0 Å². The van der Waals surface area contributed by atoms with Crippen LogP contribution in [0.1, 0.15) is 29.2 Å². The zero-order valence-corrected chi connectivity index (χ0v) is 14.4. The number of hydrogen-bond donors (Lipinski definition) is 1. The number of anilines is 1. The number of nitrogens with zero attached hydrogens (tertiary/aromatic N) is 5. The van der Waals surface area contributed by atoms with Crippen LogP contribution in [0.2, 0.25) is 0 Å². The minimum absolute atomic E-state index is 0.0639. The van der Waals surface area contributed by atoms with Gasteiger partial charge < -0.3 is 10.2 Å². The van der Waals surface area contributed by atoms with Crippen LogP contribution < -0.4 is 5.32 Å². The third-order valence-corrected chi connectivity index (χ3v) is 4.51. The molecule has 4 rings (SSSR count). The molecule has 1 amide bonds. The summed E-state index contributed by atoms with van der Waals surface area (Å²) < 4.78 is 15.0. The molecule has 0 unspecified atom stereocenters. The summed E-state index contributed by atoms with van der Waals surface area (Å²) in [5.74, 6) is 0.226. The van der Waals surface area contributed by atoms with Gasteiger partial charge in [0, 0.05) is 36.7 Å². The summed E-state index contributed by atoms with van der Waals surface area (Å²) in [6, 6.07) is 8.24. The predicted molar refractivity (Wildman–Crippen MR) is 94.5 cm³/mol. The van der Waals surface area contributed by atoms with Crippen molar-refractivity contribution in [1.82, 2.24) is 24.5 Å². The van der Waals surface area contributed by atoms with Crippen molar-refractivity contribution in [3.05, 3.63) is 53.9 Å². The third kappa shape index (κ3) is 3.22.